The Hall–Kier alpha value is -4.56. The van der Waals surface area contributed by atoms with E-state index in [1.54, 1.807) is 6.92 Å². The predicted octanol–water partition coefficient (Wildman–Crippen LogP) is 3.46. The normalized spacial score (nSPS) is 27.0. The molecule has 1 saturated heterocycles. The van der Waals surface area contributed by atoms with Gasteiger partial charge in [0.1, 0.15) is 42.2 Å². The highest BCUT2D eigenvalue weighted by atomic mass is 16.7. The number of hydrogen-bond donors (Lipinski definition) is 5. The van der Waals surface area contributed by atoms with Crippen molar-refractivity contribution >= 4 is 23.4 Å². The second-order valence-electron chi connectivity index (χ2n) is 12.6. The average Bonchev–Trinajstić information content (AvgIpc) is 3.07. The Morgan fingerprint density at radius 3 is 2.57 bits per heavy atom. The molecule has 2 aromatic carbocycles. The lowest BCUT2D eigenvalue weighted by Gasteiger charge is -2.40. The van der Waals surface area contributed by atoms with Crippen LogP contribution in [0.1, 0.15) is 94.5 Å². The number of rotatable bonds is 7. The molecule has 4 unspecified atom stereocenters. The summed E-state index contributed by atoms with van der Waals surface area (Å²) in [6.45, 7) is 0.724. The van der Waals surface area contributed by atoms with Gasteiger partial charge in [-0.05, 0) is 50.8 Å². The number of aliphatic hydroxyl groups excluding tert-OH is 2. The minimum Gasteiger partial charge on any atom is -0.507 e. The number of phenols is 2. The number of benzene rings is 2. The van der Waals surface area contributed by atoms with Gasteiger partial charge in [-0.3, -0.25) is 14.4 Å². The predicted molar refractivity (Wildman–Crippen MR) is 172 cm³/mol. The Bertz CT molecular complexity index is 1750. The van der Waals surface area contributed by atoms with Gasteiger partial charge in [0, 0.05) is 35.1 Å². The Morgan fingerprint density at radius 1 is 1.04 bits per heavy atom. The zero-order chi connectivity index (χ0) is 35.0. The number of methoxy groups -OCH3 is 1. The van der Waals surface area contributed by atoms with Crippen molar-refractivity contribution in [2.45, 2.75) is 88.6 Å². The molecule has 1 amide bonds. The summed E-state index contributed by atoms with van der Waals surface area (Å²) in [4.78, 5) is 53.2. The molecule has 1 heterocycles. The van der Waals surface area contributed by atoms with Gasteiger partial charge in [-0.25, -0.2) is 4.79 Å². The van der Waals surface area contributed by atoms with Gasteiger partial charge in [0.2, 0.25) is 5.78 Å². The second-order valence-corrected chi connectivity index (χ2v) is 12.6. The maximum Gasteiger partial charge on any atom is 0.408 e. The number of phenolic OH excluding ortho intramolecular Hbond substituents is 2. The lowest BCUT2D eigenvalue weighted by molar-refractivity contribution is -0.236. The van der Waals surface area contributed by atoms with Crippen molar-refractivity contribution in [2.24, 2.45) is 0 Å². The molecule has 2 aromatic rings. The van der Waals surface area contributed by atoms with Crippen LogP contribution in [-0.4, -0.2) is 88.2 Å². The number of ketones is 3. The summed E-state index contributed by atoms with van der Waals surface area (Å²) < 4.78 is 23.1. The largest absolute Gasteiger partial charge is 0.507 e. The molecular weight excluding hydrogens is 638 g/mol. The first-order valence-electron chi connectivity index (χ1n) is 16.4. The molecule has 6 atom stereocenters. The Morgan fingerprint density at radius 2 is 1.82 bits per heavy atom. The molecule has 3 aliphatic carbocycles. The number of allylic oxidation sites excluding steroid dienone is 1. The van der Waals surface area contributed by atoms with Crippen LogP contribution in [0.5, 0.6) is 17.2 Å². The topological polar surface area (TPSA) is 198 Å². The summed E-state index contributed by atoms with van der Waals surface area (Å²) in [5, 5.41) is 46.5. The SMILES string of the molecule is COc1cccc2c1C(=O)c1c(O)c3c(c(O)c1C2=O)CC(C(=O)CO)=C[C@@H]3O[C@H]1CC(NC(=O)OC2/C=C/CCCCC2)C(O)C(C)O1. The number of nitrogens with one attached hydrogen (secondary N) is 1. The summed E-state index contributed by atoms with van der Waals surface area (Å²) in [5.41, 5.74) is -1.06. The van der Waals surface area contributed by atoms with E-state index in [0.29, 0.717) is 6.42 Å². The fraction of sp³-hybridized carbons (Fsp3) is 0.444. The molecule has 1 fully saturated rings. The number of carbonyl (C=O) groups is 4. The van der Waals surface area contributed by atoms with E-state index in [2.05, 4.69) is 5.32 Å². The highest BCUT2D eigenvalue weighted by Crippen LogP contribution is 2.50. The molecule has 0 radical (unpaired) electrons. The molecule has 49 heavy (non-hydrogen) atoms. The molecule has 13 nitrogen and oxygen atoms in total. The average molecular weight is 678 g/mol. The quantitative estimate of drug-likeness (QED) is 0.181. The highest BCUT2D eigenvalue weighted by Gasteiger charge is 2.44. The van der Waals surface area contributed by atoms with Gasteiger partial charge in [0.05, 0.1) is 35.9 Å². The van der Waals surface area contributed by atoms with Crippen molar-refractivity contribution in [3.05, 3.63) is 75.4 Å². The van der Waals surface area contributed by atoms with Gasteiger partial charge in [-0.15, -0.1) is 0 Å². The molecule has 0 bridgehead atoms. The molecule has 0 saturated carbocycles. The van der Waals surface area contributed by atoms with Gasteiger partial charge in [0.25, 0.3) is 0 Å². The highest BCUT2D eigenvalue weighted by molar-refractivity contribution is 6.31. The van der Waals surface area contributed by atoms with E-state index in [1.807, 2.05) is 12.2 Å². The van der Waals surface area contributed by atoms with Gasteiger partial charge in [0.15, 0.2) is 17.9 Å². The zero-order valence-electron chi connectivity index (χ0n) is 27.1. The lowest BCUT2D eigenvalue weighted by Crippen LogP contribution is -2.55. The summed E-state index contributed by atoms with van der Waals surface area (Å²) in [6.07, 6.45) is 3.87. The van der Waals surface area contributed by atoms with Crippen molar-refractivity contribution in [1.29, 1.82) is 0 Å². The summed E-state index contributed by atoms with van der Waals surface area (Å²) in [7, 11) is 1.33. The van der Waals surface area contributed by atoms with Crippen LogP contribution >= 0.6 is 0 Å². The Balaban J connectivity index is 1.32. The fourth-order valence-corrected chi connectivity index (χ4v) is 7.02. The first-order chi connectivity index (χ1) is 23.5. The van der Waals surface area contributed by atoms with Gasteiger partial charge < -0.3 is 44.7 Å². The van der Waals surface area contributed by atoms with Crippen LogP contribution in [0, 0.1) is 0 Å². The monoisotopic (exact) mass is 677 g/mol. The number of aliphatic hydroxyl groups is 2. The van der Waals surface area contributed by atoms with Gasteiger partial charge in [-0.1, -0.05) is 24.6 Å². The number of carbonyl (C=O) groups excluding carboxylic acids is 4. The van der Waals surface area contributed by atoms with Crippen molar-refractivity contribution < 1.29 is 58.6 Å². The molecule has 4 aliphatic rings. The van der Waals surface area contributed by atoms with Crippen LogP contribution in [0.15, 0.2) is 42.0 Å². The van der Waals surface area contributed by atoms with Crippen LogP contribution in [0.3, 0.4) is 0 Å². The second kappa shape index (κ2) is 14.1. The number of fused-ring (bicyclic) bond motifs is 3. The van der Waals surface area contributed by atoms with E-state index in [1.165, 1.54) is 31.4 Å². The molecule has 260 valence electrons. The van der Waals surface area contributed by atoms with Crippen molar-refractivity contribution in [3.8, 4) is 17.2 Å². The van der Waals surface area contributed by atoms with E-state index < -0.39 is 89.4 Å². The number of ether oxygens (including phenoxy) is 4. The van der Waals surface area contributed by atoms with E-state index in [-0.39, 0.29) is 46.4 Å². The molecule has 0 aromatic heterocycles. The van der Waals surface area contributed by atoms with Crippen LogP contribution in [0.4, 0.5) is 4.79 Å². The Kier molecular flexibility index (Phi) is 9.89. The minimum atomic E-state index is -1.33. The third-order valence-corrected chi connectivity index (χ3v) is 9.54. The van der Waals surface area contributed by atoms with E-state index >= 15 is 0 Å². The van der Waals surface area contributed by atoms with Crippen molar-refractivity contribution in [3.63, 3.8) is 0 Å². The molecule has 6 rings (SSSR count). The number of amides is 1. The van der Waals surface area contributed by atoms with Crippen LogP contribution in [0.25, 0.3) is 0 Å². The van der Waals surface area contributed by atoms with E-state index in [4.69, 9.17) is 18.9 Å². The van der Waals surface area contributed by atoms with Crippen LogP contribution < -0.4 is 10.1 Å². The maximum atomic E-state index is 13.9. The van der Waals surface area contributed by atoms with Crippen LogP contribution in [-0.2, 0) is 25.4 Å². The number of aromatic hydroxyl groups is 2. The third kappa shape index (κ3) is 6.46. The van der Waals surface area contributed by atoms with Crippen molar-refractivity contribution in [1.82, 2.24) is 5.32 Å². The Labute approximate surface area is 282 Å². The lowest BCUT2D eigenvalue weighted by atomic mass is 9.76. The third-order valence-electron chi connectivity index (χ3n) is 9.54. The maximum absolute atomic E-state index is 13.9. The summed E-state index contributed by atoms with van der Waals surface area (Å²) in [5.74, 6) is -3.32. The minimum absolute atomic E-state index is 0.0249. The smallest absolute Gasteiger partial charge is 0.408 e. The summed E-state index contributed by atoms with van der Waals surface area (Å²) >= 11 is 0. The number of Topliss-reactive ketones (excluding diaryl/α,β-unsaturated/α-hetero) is 1. The number of hydrogen-bond acceptors (Lipinski definition) is 12. The van der Waals surface area contributed by atoms with Gasteiger partial charge in [-0.2, -0.15) is 0 Å². The molecule has 0 spiro atoms. The molecular formula is C36H39NO12. The molecule has 5 N–H and O–H groups in total. The molecule has 1 aliphatic heterocycles. The van der Waals surface area contributed by atoms with Crippen LogP contribution in [0.2, 0.25) is 0 Å². The van der Waals surface area contributed by atoms with E-state index in [0.717, 1.165) is 25.7 Å². The van der Waals surface area contributed by atoms with E-state index in [9.17, 15) is 39.6 Å². The first-order valence-corrected chi connectivity index (χ1v) is 16.4. The standard InChI is InChI=1S/C36H39NO12/c1-17-31(40)22(37-36(45)48-19-9-6-4-3-5-7-10-19)15-26(47-17)49-25-14-18(23(39)16-38)13-21-28(25)35(44)30-29(33(21)42)32(41)20-11-8-12-24(46-2)27(20)34(30)43/h6,8-9,11-12,14,17,19,22,25-26,31,38,40,42,44H,3-5,7,10,13,15-16H2,1-2H3,(H,37,45)/b9-6+/t17?,19?,22?,25-,26-,31?/m0/s1. The fourth-order valence-electron chi connectivity index (χ4n) is 7.02. The molecule has 13 heteroatoms. The van der Waals surface area contributed by atoms with Gasteiger partial charge >= 0.3 is 6.09 Å². The number of alkyl carbamates (subject to hydrolysis) is 1. The van der Waals surface area contributed by atoms with Crippen molar-refractivity contribution in [2.75, 3.05) is 13.7 Å². The first kappa shape index (κ1) is 34.3. The summed E-state index contributed by atoms with van der Waals surface area (Å²) in [6, 6.07) is 3.55. The zero-order valence-corrected chi connectivity index (χ0v) is 27.1.